The highest BCUT2D eigenvalue weighted by atomic mass is 16.4. The summed E-state index contributed by atoms with van der Waals surface area (Å²) >= 11 is 0. The Morgan fingerprint density at radius 1 is 1.47 bits per heavy atom. The molecule has 0 aliphatic rings. The van der Waals surface area contributed by atoms with E-state index >= 15 is 0 Å². The predicted molar refractivity (Wildman–Crippen MR) is 69.2 cm³/mol. The van der Waals surface area contributed by atoms with Gasteiger partial charge in [-0.1, -0.05) is 36.8 Å². The molecule has 0 radical (unpaired) electrons. The second kappa shape index (κ2) is 5.82. The van der Waals surface area contributed by atoms with Gasteiger partial charge in [-0.05, 0) is 32.3 Å². The molecule has 1 rings (SSSR count). The average molecular weight is 235 g/mol. The fourth-order valence-corrected chi connectivity index (χ4v) is 1.70. The molecule has 3 nitrogen and oxygen atoms in total. The molecule has 0 saturated heterocycles. The van der Waals surface area contributed by atoms with Crippen LogP contribution in [0.25, 0.3) is 0 Å². The van der Waals surface area contributed by atoms with Crippen molar-refractivity contribution in [2.24, 2.45) is 0 Å². The van der Waals surface area contributed by atoms with Gasteiger partial charge in [-0.2, -0.15) is 0 Å². The van der Waals surface area contributed by atoms with Gasteiger partial charge in [0.1, 0.15) is 5.54 Å². The number of benzene rings is 1. The van der Waals surface area contributed by atoms with E-state index < -0.39 is 11.5 Å². The summed E-state index contributed by atoms with van der Waals surface area (Å²) in [5, 5.41) is 12.2. The minimum Gasteiger partial charge on any atom is -0.480 e. The highest BCUT2D eigenvalue weighted by Gasteiger charge is 2.29. The van der Waals surface area contributed by atoms with Gasteiger partial charge in [-0.15, -0.1) is 0 Å². The number of aryl methyl sites for hydroxylation is 1. The largest absolute Gasteiger partial charge is 0.480 e. The molecule has 0 saturated carbocycles. The lowest BCUT2D eigenvalue weighted by atomic mass is 9.99. The molecule has 0 aromatic heterocycles. The lowest BCUT2D eigenvalue weighted by Gasteiger charge is -2.24. The van der Waals surface area contributed by atoms with Crippen LogP contribution >= 0.6 is 0 Å². The van der Waals surface area contributed by atoms with E-state index in [2.05, 4.69) is 30.4 Å². The molecule has 0 bridgehead atoms. The van der Waals surface area contributed by atoms with Crippen LogP contribution in [0.2, 0.25) is 0 Å². The Morgan fingerprint density at radius 2 is 2.18 bits per heavy atom. The Labute approximate surface area is 103 Å². The van der Waals surface area contributed by atoms with Gasteiger partial charge in [0.15, 0.2) is 0 Å². The Hall–Kier alpha value is -1.35. The van der Waals surface area contributed by atoms with Gasteiger partial charge in [0.05, 0.1) is 0 Å². The van der Waals surface area contributed by atoms with E-state index in [1.807, 2.05) is 13.0 Å². The maximum atomic E-state index is 11.1. The number of carboxylic acids is 1. The normalized spacial score (nSPS) is 14.3. The van der Waals surface area contributed by atoms with Crippen molar-refractivity contribution in [1.29, 1.82) is 0 Å². The van der Waals surface area contributed by atoms with Crippen LogP contribution in [0.4, 0.5) is 0 Å². The summed E-state index contributed by atoms with van der Waals surface area (Å²) in [5.41, 5.74) is 1.66. The van der Waals surface area contributed by atoms with Gasteiger partial charge in [0.25, 0.3) is 0 Å². The SMILES string of the molecule is CCC(C)(NCCc1cccc(C)c1)C(=O)O. The first-order valence-electron chi connectivity index (χ1n) is 6.02. The summed E-state index contributed by atoms with van der Waals surface area (Å²) in [6.07, 6.45) is 1.43. The summed E-state index contributed by atoms with van der Waals surface area (Å²) in [4.78, 5) is 11.1. The lowest BCUT2D eigenvalue weighted by molar-refractivity contribution is -0.144. The van der Waals surface area contributed by atoms with Crippen LogP contribution in [0.1, 0.15) is 31.4 Å². The van der Waals surface area contributed by atoms with Gasteiger partial charge in [-0.25, -0.2) is 0 Å². The molecule has 0 spiro atoms. The van der Waals surface area contributed by atoms with Crippen LogP contribution in [0.3, 0.4) is 0 Å². The first-order chi connectivity index (χ1) is 7.98. The molecule has 0 fully saturated rings. The summed E-state index contributed by atoms with van der Waals surface area (Å²) < 4.78 is 0. The molecule has 0 heterocycles. The van der Waals surface area contributed by atoms with Crippen molar-refractivity contribution in [3.8, 4) is 0 Å². The number of carbonyl (C=O) groups is 1. The smallest absolute Gasteiger partial charge is 0.323 e. The van der Waals surface area contributed by atoms with Crippen molar-refractivity contribution in [2.75, 3.05) is 6.54 Å². The van der Waals surface area contributed by atoms with Crippen molar-refractivity contribution in [3.05, 3.63) is 35.4 Å². The molecule has 1 unspecified atom stereocenters. The lowest BCUT2D eigenvalue weighted by Crippen LogP contribution is -2.49. The molecular weight excluding hydrogens is 214 g/mol. The zero-order valence-electron chi connectivity index (χ0n) is 10.8. The van der Waals surface area contributed by atoms with Crippen molar-refractivity contribution in [2.45, 2.75) is 39.2 Å². The topological polar surface area (TPSA) is 49.3 Å². The standard InChI is InChI=1S/C14H21NO2/c1-4-14(3,13(16)17)15-9-8-12-7-5-6-11(2)10-12/h5-7,10,15H,4,8-9H2,1-3H3,(H,16,17). The van der Waals surface area contributed by atoms with Crippen LogP contribution in [-0.2, 0) is 11.2 Å². The third kappa shape index (κ3) is 3.86. The molecule has 1 aromatic carbocycles. The van der Waals surface area contributed by atoms with Crippen LogP contribution in [0, 0.1) is 6.92 Å². The quantitative estimate of drug-likeness (QED) is 0.796. The number of carboxylic acid groups (broad SMARTS) is 1. The van der Waals surface area contributed by atoms with Gasteiger partial charge in [0.2, 0.25) is 0 Å². The third-order valence-electron chi connectivity index (χ3n) is 3.19. The maximum absolute atomic E-state index is 11.1. The van der Waals surface area contributed by atoms with Crippen molar-refractivity contribution >= 4 is 5.97 Å². The highest BCUT2D eigenvalue weighted by Crippen LogP contribution is 2.10. The van der Waals surface area contributed by atoms with Crippen LogP contribution in [0.5, 0.6) is 0 Å². The minimum absolute atomic E-state index is 0.580. The summed E-state index contributed by atoms with van der Waals surface area (Å²) in [5.74, 6) is -0.788. The van der Waals surface area contributed by atoms with E-state index in [1.165, 1.54) is 11.1 Å². The van der Waals surface area contributed by atoms with Crippen molar-refractivity contribution < 1.29 is 9.90 Å². The number of rotatable bonds is 6. The van der Waals surface area contributed by atoms with Gasteiger partial charge < -0.3 is 10.4 Å². The fourth-order valence-electron chi connectivity index (χ4n) is 1.70. The molecule has 17 heavy (non-hydrogen) atoms. The number of hydrogen-bond donors (Lipinski definition) is 2. The number of aliphatic carboxylic acids is 1. The Balaban J connectivity index is 2.50. The van der Waals surface area contributed by atoms with Gasteiger partial charge >= 0.3 is 5.97 Å². The van der Waals surface area contributed by atoms with E-state index in [0.29, 0.717) is 13.0 Å². The summed E-state index contributed by atoms with van der Waals surface area (Å²) in [6.45, 7) is 6.35. The molecule has 0 aliphatic carbocycles. The molecular formula is C14H21NO2. The molecule has 1 atom stereocenters. The Kier molecular flexibility index (Phi) is 4.70. The minimum atomic E-state index is -0.816. The van der Waals surface area contributed by atoms with Gasteiger partial charge in [0, 0.05) is 6.54 Å². The van der Waals surface area contributed by atoms with Crippen molar-refractivity contribution in [3.63, 3.8) is 0 Å². The molecule has 0 aliphatic heterocycles. The number of hydrogen-bond acceptors (Lipinski definition) is 2. The Bertz CT molecular complexity index is 390. The maximum Gasteiger partial charge on any atom is 0.323 e. The zero-order chi connectivity index (χ0) is 12.9. The van der Waals surface area contributed by atoms with E-state index in [-0.39, 0.29) is 0 Å². The van der Waals surface area contributed by atoms with Crippen LogP contribution in [0.15, 0.2) is 24.3 Å². The first kappa shape index (κ1) is 13.7. The Morgan fingerprint density at radius 3 is 2.71 bits per heavy atom. The fraction of sp³-hybridized carbons (Fsp3) is 0.500. The second-order valence-corrected chi connectivity index (χ2v) is 4.66. The molecule has 0 amide bonds. The van der Waals surface area contributed by atoms with Crippen LogP contribution < -0.4 is 5.32 Å². The van der Waals surface area contributed by atoms with E-state index in [0.717, 1.165) is 6.42 Å². The molecule has 2 N–H and O–H groups in total. The molecule has 1 aromatic rings. The molecule has 3 heteroatoms. The predicted octanol–water partition coefficient (Wildman–Crippen LogP) is 2.38. The monoisotopic (exact) mass is 235 g/mol. The second-order valence-electron chi connectivity index (χ2n) is 4.66. The first-order valence-corrected chi connectivity index (χ1v) is 6.02. The zero-order valence-corrected chi connectivity index (χ0v) is 10.8. The van der Waals surface area contributed by atoms with E-state index in [9.17, 15) is 4.79 Å². The van der Waals surface area contributed by atoms with E-state index in [4.69, 9.17) is 5.11 Å². The van der Waals surface area contributed by atoms with Crippen molar-refractivity contribution in [1.82, 2.24) is 5.32 Å². The van der Waals surface area contributed by atoms with Gasteiger partial charge in [-0.3, -0.25) is 4.79 Å². The van der Waals surface area contributed by atoms with Crippen LogP contribution in [-0.4, -0.2) is 23.2 Å². The summed E-state index contributed by atoms with van der Waals surface area (Å²) in [6, 6.07) is 8.29. The third-order valence-corrected chi connectivity index (χ3v) is 3.19. The van der Waals surface area contributed by atoms with E-state index in [1.54, 1.807) is 6.92 Å². The summed E-state index contributed by atoms with van der Waals surface area (Å²) in [7, 11) is 0. The average Bonchev–Trinajstić information content (AvgIpc) is 2.28. The highest BCUT2D eigenvalue weighted by molar-refractivity contribution is 5.78. The number of nitrogens with one attached hydrogen (secondary N) is 1. The molecule has 94 valence electrons.